The number of anilines is 2. The molecule has 10 heteroatoms. The molecule has 0 saturated carbocycles. The number of amides is 1. The maximum absolute atomic E-state index is 13.8. The number of alkyl halides is 3. The number of hydrogen-bond acceptors (Lipinski definition) is 6. The fourth-order valence-corrected chi connectivity index (χ4v) is 4.58. The normalized spacial score (nSPS) is 15.2. The quantitative estimate of drug-likeness (QED) is 0.447. The molecule has 1 fully saturated rings. The zero-order valence-electron chi connectivity index (χ0n) is 20.7. The molecular weight excluding hydrogens is 493 g/mol. The lowest BCUT2D eigenvalue weighted by atomic mass is 10.0. The number of pyridine rings is 2. The maximum Gasteiger partial charge on any atom is 0.416 e. The van der Waals surface area contributed by atoms with Crippen LogP contribution in [-0.2, 0) is 30.4 Å². The van der Waals surface area contributed by atoms with Gasteiger partial charge in [0.2, 0.25) is 5.91 Å². The number of nitrogens with one attached hydrogen (secondary N) is 3. The van der Waals surface area contributed by atoms with E-state index in [0.717, 1.165) is 49.1 Å². The highest BCUT2D eigenvalue weighted by Crippen LogP contribution is 2.34. The van der Waals surface area contributed by atoms with Crippen molar-refractivity contribution in [3.05, 3.63) is 82.3 Å². The monoisotopic (exact) mass is 520 g/mol. The van der Waals surface area contributed by atoms with E-state index in [1.54, 1.807) is 24.5 Å². The van der Waals surface area contributed by atoms with E-state index in [2.05, 4.69) is 37.8 Å². The summed E-state index contributed by atoms with van der Waals surface area (Å²) in [5.41, 5.74) is 2.64. The van der Waals surface area contributed by atoms with Crippen molar-refractivity contribution >= 4 is 17.4 Å². The van der Waals surface area contributed by atoms with Crippen molar-refractivity contribution in [3.8, 4) is 11.8 Å². The molecule has 1 aromatic carbocycles. The fraction of sp³-hybridized carbons (Fsp3) is 0.321. The highest BCUT2D eigenvalue weighted by atomic mass is 19.4. The van der Waals surface area contributed by atoms with E-state index in [0.29, 0.717) is 24.3 Å². The van der Waals surface area contributed by atoms with Gasteiger partial charge in [0.15, 0.2) is 0 Å². The molecule has 0 spiro atoms. The Kier molecular flexibility index (Phi) is 7.58. The van der Waals surface area contributed by atoms with Gasteiger partial charge in [-0.2, -0.15) is 13.2 Å². The third kappa shape index (κ3) is 6.49. The molecule has 0 unspecified atom stereocenters. The van der Waals surface area contributed by atoms with Crippen LogP contribution in [0.25, 0.3) is 0 Å². The highest BCUT2D eigenvalue weighted by Gasteiger charge is 2.34. The summed E-state index contributed by atoms with van der Waals surface area (Å²) in [5, 5.41) is 8.98. The number of fused-ring (bicyclic) bond motifs is 1. The summed E-state index contributed by atoms with van der Waals surface area (Å²) < 4.78 is 41.4. The summed E-state index contributed by atoms with van der Waals surface area (Å²) in [7, 11) is 0. The second-order valence-electron chi connectivity index (χ2n) is 9.32. The van der Waals surface area contributed by atoms with Gasteiger partial charge in [0.1, 0.15) is 5.82 Å². The lowest BCUT2D eigenvalue weighted by molar-refractivity contribution is -0.138. The summed E-state index contributed by atoms with van der Waals surface area (Å²) in [6.07, 6.45) is -0.432. The molecule has 1 saturated heterocycles. The first kappa shape index (κ1) is 25.7. The fourth-order valence-electron chi connectivity index (χ4n) is 4.58. The summed E-state index contributed by atoms with van der Waals surface area (Å²) in [4.78, 5) is 23.2. The molecule has 196 valence electrons. The molecule has 2 aliphatic heterocycles. The van der Waals surface area contributed by atoms with Crippen LogP contribution in [0.3, 0.4) is 0 Å². The van der Waals surface area contributed by atoms with Crippen LogP contribution in [-0.4, -0.2) is 53.5 Å². The molecular formula is C28H27F3N6O. The average Bonchev–Trinajstić information content (AvgIpc) is 3.37. The predicted octanol–water partition coefficient (Wildman–Crippen LogP) is 3.45. The van der Waals surface area contributed by atoms with Gasteiger partial charge in [0.05, 0.1) is 17.7 Å². The zero-order valence-corrected chi connectivity index (χ0v) is 20.7. The number of nitrogens with zero attached hydrogens (tertiary/aromatic N) is 3. The first-order valence-electron chi connectivity index (χ1n) is 12.5. The Morgan fingerprint density at radius 1 is 1.03 bits per heavy atom. The molecule has 0 bridgehead atoms. The molecule has 0 aliphatic carbocycles. The average molecular weight is 521 g/mol. The minimum Gasteiger partial charge on any atom is -0.370 e. The number of piperazine rings is 1. The number of carbonyl (C=O) groups excluding carboxylic acids is 1. The maximum atomic E-state index is 13.8. The summed E-state index contributed by atoms with van der Waals surface area (Å²) in [6.45, 7) is 3.95. The highest BCUT2D eigenvalue weighted by molar-refractivity contribution is 5.92. The van der Waals surface area contributed by atoms with Crippen LogP contribution in [0.15, 0.2) is 48.8 Å². The topological polar surface area (TPSA) is 82.2 Å². The van der Waals surface area contributed by atoms with Crippen LogP contribution in [0.4, 0.5) is 24.7 Å². The van der Waals surface area contributed by atoms with E-state index < -0.39 is 17.6 Å². The number of hydrogen-bond donors (Lipinski definition) is 3. The number of halogens is 3. The Balaban J connectivity index is 1.25. The number of carbonyl (C=O) groups is 1. The first-order chi connectivity index (χ1) is 18.3. The molecule has 2 aromatic heterocycles. The van der Waals surface area contributed by atoms with Crippen LogP contribution >= 0.6 is 0 Å². The van der Waals surface area contributed by atoms with Gasteiger partial charge < -0.3 is 16.0 Å². The Bertz CT molecular complexity index is 1390. The molecule has 2 aliphatic rings. The van der Waals surface area contributed by atoms with Crippen molar-refractivity contribution in [2.75, 3.05) is 43.4 Å². The van der Waals surface area contributed by atoms with Crippen molar-refractivity contribution in [1.29, 1.82) is 0 Å². The Hall–Kier alpha value is -3.94. The minimum absolute atomic E-state index is 0.0918. The van der Waals surface area contributed by atoms with Gasteiger partial charge in [-0.25, -0.2) is 4.98 Å². The second kappa shape index (κ2) is 11.2. The molecule has 38 heavy (non-hydrogen) atoms. The van der Waals surface area contributed by atoms with Gasteiger partial charge in [-0.1, -0.05) is 17.9 Å². The van der Waals surface area contributed by atoms with Gasteiger partial charge in [-0.05, 0) is 47.9 Å². The third-order valence-electron chi connectivity index (χ3n) is 6.47. The predicted molar refractivity (Wildman–Crippen MR) is 139 cm³/mol. The van der Waals surface area contributed by atoms with E-state index in [-0.39, 0.29) is 24.2 Å². The number of aromatic nitrogens is 2. The van der Waals surface area contributed by atoms with Gasteiger partial charge in [-0.15, -0.1) is 0 Å². The van der Waals surface area contributed by atoms with Crippen LogP contribution in [0, 0.1) is 11.8 Å². The van der Waals surface area contributed by atoms with Crippen LogP contribution < -0.4 is 16.0 Å². The summed E-state index contributed by atoms with van der Waals surface area (Å²) >= 11 is 0. The zero-order chi connectivity index (χ0) is 26.5. The molecule has 0 atom stereocenters. The van der Waals surface area contributed by atoms with Crippen molar-refractivity contribution in [1.82, 2.24) is 20.2 Å². The lowest BCUT2D eigenvalue weighted by Crippen LogP contribution is -2.43. The lowest BCUT2D eigenvalue weighted by Gasteiger charge is -2.28. The summed E-state index contributed by atoms with van der Waals surface area (Å²) in [6, 6.07) is 9.41. The van der Waals surface area contributed by atoms with Crippen molar-refractivity contribution in [3.63, 3.8) is 0 Å². The number of rotatable bonds is 5. The Labute approximate surface area is 218 Å². The van der Waals surface area contributed by atoms with Crippen molar-refractivity contribution in [2.45, 2.75) is 25.6 Å². The van der Waals surface area contributed by atoms with Gasteiger partial charge in [0, 0.05) is 68.5 Å². The molecule has 3 N–H and O–H groups in total. The molecule has 7 nitrogen and oxygen atoms in total. The van der Waals surface area contributed by atoms with E-state index in [4.69, 9.17) is 0 Å². The first-order valence-corrected chi connectivity index (χ1v) is 12.5. The van der Waals surface area contributed by atoms with Crippen LogP contribution in [0.2, 0.25) is 0 Å². The third-order valence-corrected chi connectivity index (χ3v) is 6.47. The van der Waals surface area contributed by atoms with E-state index >= 15 is 0 Å². The molecule has 1 amide bonds. The van der Waals surface area contributed by atoms with Gasteiger partial charge in [-0.3, -0.25) is 14.7 Å². The van der Waals surface area contributed by atoms with E-state index in [1.165, 1.54) is 12.1 Å². The largest absolute Gasteiger partial charge is 0.416 e. The van der Waals surface area contributed by atoms with Crippen LogP contribution in [0.1, 0.15) is 33.5 Å². The Morgan fingerprint density at radius 3 is 2.66 bits per heavy atom. The standard InChI is InChI=1S/C28H27F3N6O/c29-28(30,31)25-15-23(4-3-22(25)18-37-11-9-32-10-12-37)36-26(38)16-24-14-19(5-7-33-24)1-2-20-13-21-6-8-34-27(21)35-17-20/h3-5,7,13-15,17,32H,6,8-12,16,18H2,(H,34,35)(H,36,38). The Morgan fingerprint density at radius 2 is 1.84 bits per heavy atom. The smallest absolute Gasteiger partial charge is 0.370 e. The van der Waals surface area contributed by atoms with Crippen molar-refractivity contribution < 1.29 is 18.0 Å². The minimum atomic E-state index is -4.52. The number of benzene rings is 1. The molecule has 5 rings (SSSR count). The van der Waals surface area contributed by atoms with E-state index in [9.17, 15) is 18.0 Å². The second-order valence-corrected chi connectivity index (χ2v) is 9.32. The van der Waals surface area contributed by atoms with Gasteiger partial charge in [0.25, 0.3) is 0 Å². The SMILES string of the molecule is O=C(Cc1cc(C#Cc2cnc3c(c2)CCN3)ccn1)Nc1ccc(CN2CCNCC2)c(C(F)(F)F)c1. The van der Waals surface area contributed by atoms with E-state index in [1.807, 2.05) is 11.0 Å². The summed E-state index contributed by atoms with van der Waals surface area (Å²) in [5.74, 6) is 6.58. The van der Waals surface area contributed by atoms with Crippen molar-refractivity contribution in [2.24, 2.45) is 0 Å². The molecule has 4 heterocycles. The molecule has 0 radical (unpaired) electrons. The molecule has 3 aromatic rings. The van der Waals surface area contributed by atoms with Gasteiger partial charge >= 0.3 is 6.18 Å². The van der Waals surface area contributed by atoms with Crippen LogP contribution in [0.5, 0.6) is 0 Å².